The molecule has 1 aromatic carbocycles. The Bertz CT molecular complexity index is 362. The van der Waals surface area contributed by atoms with Crippen molar-refractivity contribution in [2.75, 3.05) is 18.5 Å². The number of anilines is 1. The van der Waals surface area contributed by atoms with Crippen LogP contribution in [0.2, 0.25) is 0 Å². The van der Waals surface area contributed by atoms with Gasteiger partial charge >= 0.3 is 0 Å². The minimum atomic E-state index is 0.424. The summed E-state index contributed by atoms with van der Waals surface area (Å²) in [6.45, 7) is 8.22. The van der Waals surface area contributed by atoms with E-state index in [-0.39, 0.29) is 0 Å². The molecule has 0 bridgehead atoms. The van der Waals surface area contributed by atoms with Crippen molar-refractivity contribution in [1.82, 2.24) is 0 Å². The zero-order valence-corrected chi connectivity index (χ0v) is 11.0. The average Bonchev–Trinajstić information content (AvgIpc) is 2.21. The maximum Gasteiger partial charge on any atom is 0.0399 e. The van der Waals surface area contributed by atoms with Crippen molar-refractivity contribution < 1.29 is 0 Å². The Morgan fingerprint density at radius 2 is 1.94 bits per heavy atom. The SMILES string of the molecule is CN1CCC(CC(C)(C)C)c2ccccc21. The predicted octanol–water partition coefficient (Wildman–Crippen LogP) is 4.05. The van der Waals surface area contributed by atoms with Gasteiger partial charge in [-0.3, -0.25) is 0 Å². The second-order valence-electron chi connectivity index (χ2n) is 6.23. The molecule has 1 heterocycles. The minimum Gasteiger partial charge on any atom is -0.374 e. The van der Waals surface area contributed by atoms with Crippen LogP contribution in [0.3, 0.4) is 0 Å². The second-order valence-corrected chi connectivity index (χ2v) is 6.23. The maximum atomic E-state index is 2.38. The molecule has 0 radical (unpaired) electrons. The monoisotopic (exact) mass is 217 g/mol. The molecule has 1 aliphatic rings. The van der Waals surface area contributed by atoms with Crippen LogP contribution < -0.4 is 4.90 Å². The summed E-state index contributed by atoms with van der Waals surface area (Å²) in [6, 6.07) is 8.88. The number of rotatable bonds is 1. The Morgan fingerprint density at radius 1 is 1.25 bits per heavy atom. The Hall–Kier alpha value is -0.980. The highest BCUT2D eigenvalue weighted by atomic mass is 15.1. The van der Waals surface area contributed by atoms with Gasteiger partial charge in [0.1, 0.15) is 0 Å². The molecule has 1 atom stereocenters. The first-order valence-corrected chi connectivity index (χ1v) is 6.27. The topological polar surface area (TPSA) is 3.24 Å². The molecule has 1 heteroatoms. The highest BCUT2D eigenvalue weighted by Crippen LogP contribution is 2.40. The molecular weight excluding hydrogens is 194 g/mol. The Kier molecular flexibility index (Phi) is 2.96. The standard InChI is InChI=1S/C15H23N/c1-15(2,3)11-12-9-10-16(4)14-8-6-5-7-13(12)14/h5-8,12H,9-11H2,1-4H3. The third-order valence-corrected chi connectivity index (χ3v) is 3.46. The van der Waals surface area contributed by atoms with Crippen LogP contribution in [-0.4, -0.2) is 13.6 Å². The molecule has 0 spiro atoms. The van der Waals surface area contributed by atoms with Gasteiger partial charge in [0.2, 0.25) is 0 Å². The summed E-state index contributed by atoms with van der Waals surface area (Å²) in [5.74, 6) is 0.743. The van der Waals surface area contributed by atoms with Gasteiger partial charge in [-0.25, -0.2) is 0 Å². The van der Waals surface area contributed by atoms with E-state index >= 15 is 0 Å². The smallest absolute Gasteiger partial charge is 0.0399 e. The van der Waals surface area contributed by atoms with Gasteiger partial charge in [0.15, 0.2) is 0 Å². The number of nitrogens with zero attached hydrogens (tertiary/aromatic N) is 1. The largest absolute Gasteiger partial charge is 0.374 e. The van der Waals surface area contributed by atoms with Gasteiger partial charge in [-0.2, -0.15) is 0 Å². The Labute approximate surface area is 99.5 Å². The lowest BCUT2D eigenvalue weighted by atomic mass is 9.78. The molecule has 0 aliphatic carbocycles. The fraction of sp³-hybridized carbons (Fsp3) is 0.600. The maximum absolute atomic E-state index is 2.38. The van der Waals surface area contributed by atoms with Crippen molar-refractivity contribution >= 4 is 5.69 Å². The third-order valence-electron chi connectivity index (χ3n) is 3.46. The summed E-state index contributed by atoms with van der Waals surface area (Å²) >= 11 is 0. The van der Waals surface area contributed by atoms with Crippen LogP contribution in [0.4, 0.5) is 5.69 Å². The van der Waals surface area contributed by atoms with Crippen molar-refractivity contribution in [3.05, 3.63) is 29.8 Å². The fourth-order valence-corrected chi connectivity index (χ4v) is 2.76. The molecule has 0 amide bonds. The van der Waals surface area contributed by atoms with Gasteiger partial charge in [0.25, 0.3) is 0 Å². The molecule has 0 saturated heterocycles. The number of hydrogen-bond donors (Lipinski definition) is 0. The molecule has 2 rings (SSSR count). The summed E-state index contributed by atoms with van der Waals surface area (Å²) in [6.07, 6.45) is 2.59. The lowest BCUT2D eigenvalue weighted by Crippen LogP contribution is -2.28. The molecule has 1 unspecified atom stereocenters. The summed E-state index contributed by atoms with van der Waals surface area (Å²) in [5.41, 5.74) is 3.41. The fourth-order valence-electron chi connectivity index (χ4n) is 2.76. The predicted molar refractivity (Wildman–Crippen MR) is 71.1 cm³/mol. The van der Waals surface area contributed by atoms with E-state index in [0.717, 1.165) is 5.92 Å². The molecule has 1 nitrogen and oxygen atoms in total. The summed E-state index contributed by atoms with van der Waals surface area (Å²) in [4.78, 5) is 2.38. The van der Waals surface area contributed by atoms with Crippen molar-refractivity contribution in [3.63, 3.8) is 0 Å². The van der Waals surface area contributed by atoms with Crippen molar-refractivity contribution in [2.24, 2.45) is 5.41 Å². The molecule has 88 valence electrons. The van der Waals surface area contributed by atoms with E-state index in [9.17, 15) is 0 Å². The lowest BCUT2D eigenvalue weighted by Gasteiger charge is -2.36. The van der Waals surface area contributed by atoms with Gasteiger partial charge < -0.3 is 4.90 Å². The summed E-state index contributed by atoms with van der Waals surface area (Å²) in [7, 11) is 2.20. The van der Waals surface area contributed by atoms with Crippen LogP contribution in [0, 0.1) is 5.41 Å². The first kappa shape index (κ1) is 11.5. The normalized spacial score (nSPS) is 20.8. The third kappa shape index (κ3) is 2.40. The van der Waals surface area contributed by atoms with E-state index in [1.165, 1.54) is 25.1 Å². The zero-order chi connectivity index (χ0) is 11.8. The van der Waals surface area contributed by atoms with E-state index in [1.54, 1.807) is 5.56 Å². The van der Waals surface area contributed by atoms with Crippen LogP contribution in [0.1, 0.15) is 45.1 Å². The first-order chi connectivity index (χ1) is 7.47. The molecule has 1 aliphatic heterocycles. The molecule has 0 N–H and O–H groups in total. The zero-order valence-electron chi connectivity index (χ0n) is 11.0. The summed E-state index contributed by atoms with van der Waals surface area (Å²) < 4.78 is 0. The van der Waals surface area contributed by atoms with Crippen LogP contribution in [0.25, 0.3) is 0 Å². The van der Waals surface area contributed by atoms with Gasteiger partial charge in [0, 0.05) is 19.3 Å². The van der Waals surface area contributed by atoms with Gasteiger partial charge in [-0.1, -0.05) is 39.0 Å². The van der Waals surface area contributed by atoms with Gasteiger partial charge in [-0.05, 0) is 35.8 Å². The number of para-hydroxylation sites is 1. The average molecular weight is 217 g/mol. The molecule has 0 saturated carbocycles. The van der Waals surface area contributed by atoms with Crippen molar-refractivity contribution in [2.45, 2.75) is 39.5 Å². The van der Waals surface area contributed by atoms with Crippen LogP contribution in [0.15, 0.2) is 24.3 Å². The molecular formula is C15H23N. The molecule has 0 fully saturated rings. The van der Waals surface area contributed by atoms with Crippen LogP contribution >= 0.6 is 0 Å². The second kappa shape index (κ2) is 4.12. The van der Waals surface area contributed by atoms with Gasteiger partial charge in [-0.15, -0.1) is 0 Å². The highest BCUT2D eigenvalue weighted by Gasteiger charge is 2.26. The van der Waals surface area contributed by atoms with E-state index in [1.807, 2.05) is 0 Å². The lowest BCUT2D eigenvalue weighted by molar-refractivity contribution is 0.328. The molecule has 1 aromatic rings. The molecule has 0 aromatic heterocycles. The minimum absolute atomic E-state index is 0.424. The quantitative estimate of drug-likeness (QED) is 0.686. The van der Waals surface area contributed by atoms with E-state index < -0.39 is 0 Å². The number of benzene rings is 1. The Morgan fingerprint density at radius 3 is 2.62 bits per heavy atom. The van der Waals surface area contributed by atoms with Crippen LogP contribution in [0.5, 0.6) is 0 Å². The van der Waals surface area contributed by atoms with E-state index in [0.29, 0.717) is 5.41 Å². The summed E-state index contributed by atoms with van der Waals surface area (Å²) in [5, 5.41) is 0. The van der Waals surface area contributed by atoms with Crippen LogP contribution in [-0.2, 0) is 0 Å². The molecule has 16 heavy (non-hydrogen) atoms. The Balaban J connectivity index is 2.28. The van der Waals surface area contributed by atoms with Crippen molar-refractivity contribution in [1.29, 1.82) is 0 Å². The van der Waals surface area contributed by atoms with E-state index in [4.69, 9.17) is 0 Å². The van der Waals surface area contributed by atoms with Crippen molar-refractivity contribution in [3.8, 4) is 0 Å². The highest BCUT2D eigenvalue weighted by molar-refractivity contribution is 5.56. The number of fused-ring (bicyclic) bond motifs is 1. The number of hydrogen-bond acceptors (Lipinski definition) is 1. The van der Waals surface area contributed by atoms with E-state index in [2.05, 4.69) is 57.0 Å². The first-order valence-electron chi connectivity index (χ1n) is 6.27. The van der Waals surface area contributed by atoms with Gasteiger partial charge in [0.05, 0.1) is 0 Å².